The first-order valence-electron chi connectivity index (χ1n) is 9.16. The number of nitrogens with zero attached hydrogens (tertiary/aromatic N) is 2. The van der Waals surface area contributed by atoms with E-state index in [0.29, 0.717) is 23.0 Å². The summed E-state index contributed by atoms with van der Waals surface area (Å²) >= 11 is 0. The Morgan fingerprint density at radius 1 is 1.07 bits per heavy atom. The van der Waals surface area contributed by atoms with E-state index in [2.05, 4.69) is 33.6 Å². The fourth-order valence-electron chi connectivity index (χ4n) is 2.95. The number of aryl methyl sites for hydroxylation is 3. The highest BCUT2D eigenvalue weighted by Crippen LogP contribution is 2.25. The molecule has 3 rings (SSSR count). The third kappa shape index (κ3) is 4.46. The third-order valence-corrected chi connectivity index (χ3v) is 4.41. The molecule has 0 bridgehead atoms. The Balaban J connectivity index is 1.84. The van der Waals surface area contributed by atoms with Gasteiger partial charge in [-0.25, -0.2) is 9.97 Å². The lowest BCUT2D eigenvalue weighted by molar-refractivity contribution is 0.102. The molecular weight excluding hydrogens is 352 g/mol. The summed E-state index contributed by atoms with van der Waals surface area (Å²) in [6.07, 6.45) is 0.902. The smallest absolute Gasteiger partial charge is 0.274 e. The van der Waals surface area contributed by atoms with Crippen LogP contribution in [-0.2, 0) is 6.42 Å². The molecule has 1 aromatic heterocycles. The van der Waals surface area contributed by atoms with Crippen LogP contribution in [0.4, 0.5) is 17.2 Å². The van der Waals surface area contributed by atoms with E-state index >= 15 is 0 Å². The van der Waals surface area contributed by atoms with Gasteiger partial charge >= 0.3 is 0 Å². The number of methoxy groups -OCH3 is 1. The Kier molecular flexibility index (Phi) is 5.89. The molecule has 144 valence electrons. The fourth-order valence-corrected chi connectivity index (χ4v) is 2.95. The number of rotatable bonds is 6. The number of hydrogen-bond acceptors (Lipinski definition) is 5. The van der Waals surface area contributed by atoms with Crippen LogP contribution in [-0.4, -0.2) is 23.0 Å². The lowest BCUT2D eigenvalue weighted by Crippen LogP contribution is -2.15. The predicted octanol–water partition coefficient (Wildman–Crippen LogP) is 4.66. The van der Waals surface area contributed by atoms with Gasteiger partial charge in [0.25, 0.3) is 5.91 Å². The number of ether oxygens (including phenoxy) is 1. The summed E-state index contributed by atoms with van der Waals surface area (Å²) < 4.78 is 5.13. The maximum absolute atomic E-state index is 12.7. The molecule has 6 nitrogen and oxygen atoms in total. The largest absolute Gasteiger partial charge is 0.497 e. The lowest BCUT2D eigenvalue weighted by Gasteiger charge is -2.14. The molecule has 0 radical (unpaired) electrons. The Morgan fingerprint density at radius 2 is 1.82 bits per heavy atom. The molecule has 0 saturated heterocycles. The Labute approximate surface area is 165 Å². The number of carbonyl (C=O) groups excluding carboxylic acids is 1. The van der Waals surface area contributed by atoms with Gasteiger partial charge in [0.2, 0.25) is 0 Å². The molecule has 2 aromatic carbocycles. The molecule has 1 heterocycles. The van der Waals surface area contributed by atoms with Crippen molar-refractivity contribution in [2.45, 2.75) is 27.2 Å². The molecule has 0 fully saturated rings. The molecule has 2 N–H and O–H groups in total. The van der Waals surface area contributed by atoms with Gasteiger partial charge in [-0.1, -0.05) is 25.1 Å². The first-order valence-corrected chi connectivity index (χ1v) is 9.16. The summed E-state index contributed by atoms with van der Waals surface area (Å²) in [5.41, 5.74) is 4.31. The quantitative estimate of drug-likeness (QED) is 0.654. The second-order valence-electron chi connectivity index (χ2n) is 6.46. The summed E-state index contributed by atoms with van der Waals surface area (Å²) in [6.45, 7) is 5.93. The standard InChI is InChI=1S/C22H24N4O2/c1-5-16-8-6-7-14(2)21(16)26-20-13-19(23-15(3)24-20)22(27)25-17-9-11-18(28-4)12-10-17/h6-13H,5H2,1-4H3,(H,25,27)(H,23,24,26). The number of benzene rings is 2. The molecule has 0 aliphatic rings. The minimum Gasteiger partial charge on any atom is -0.497 e. The summed E-state index contributed by atoms with van der Waals surface area (Å²) in [6, 6.07) is 15.0. The third-order valence-electron chi connectivity index (χ3n) is 4.41. The Hall–Kier alpha value is -3.41. The highest BCUT2D eigenvalue weighted by Gasteiger charge is 2.13. The van der Waals surface area contributed by atoms with Crippen LogP contribution in [0.25, 0.3) is 0 Å². The van der Waals surface area contributed by atoms with E-state index in [4.69, 9.17) is 4.74 Å². The van der Waals surface area contributed by atoms with Gasteiger partial charge in [0.15, 0.2) is 0 Å². The summed E-state index contributed by atoms with van der Waals surface area (Å²) in [4.78, 5) is 21.4. The van der Waals surface area contributed by atoms with Gasteiger partial charge in [-0.2, -0.15) is 0 Å². The van der Waals surface area contributed by atoms with E-state index in [-0.39, 0.29) is 5.91 Å². The van der Waals surface area contributed by atoms with Crippen molar-refractivity contribution in [3.63, 3.8) is 0 Å². The van der Waals surface area contributed by atoms with Crippen LogP contribution in [0.3, 0.4) is 0 Å². The van der Waals surface area contributed by atoms with Gasteiger partial charge in [-0.05, 0) is 55.7 Å². The van der Waals surface area contributed by atoms with Crippen molar-refractivity contribution in [1.82, 2.24) is 9.97 Å². The van der Waals surface area contributed by atoms with Gasteiger partial charge in [0.1, 0.15) is 23.1 Å². The molecule has 0 aliphatic heterocycles. The second-order valence-corrected chi connectivity index (χ2v) is 6.46. The highest BCUT2D eigenvalue weighted by atomic mass is 16.5. The van der Waals surface area contributed by atoms with E-state index in [1.165, 1.54) is 5.56 Å². The van der Waals surface area contributed by atoms with Crippen molar-refractivity contribution in [3.8, 4) is 5.75 Å². The van der Waals surface area contributed by atoms with Crippen LogP contribution >= 0.6 is 0 Å². The molecule has 0 aliphatic carbocycles. The monoisotopic (exact) mass is 376 g/mol. The molecule has 0 saturated carbocycles. The van der Waals surface area contributed by atoms with E-state index < -0.39 is 0 Å². The lowest BCUT2D eigenvalue weighted by atomic mass is 10.1. The number of aromatic nitrogens is 2. The predicted molar refractivity (Wildman–Crippen MR) is 112 cm³/mol. The maximum Gasteiger partial charge on any atom is 0.274 e. The molecule has 28 heavy (non-hydrogen) atoms. The van der Waals surface area contributed by atoms with Crippen molar-refractivity contribution in [1.29, 1.82) is 0 Å². The van der Waals surface area contributed by atoms with Crippen molar-refractivity contribution in [3.05, 3.63) is 71.2 Å². The molecule has 1 amide bonds. The van der Waals surface area contributed by atoms with Crippen LogP contribution in [0.15, 0.2) is 48.5 Å². The topological polar surface area (TPSA) is 76.1 Å². The maximum atomic E-state index is 12.7. The van der Waals surface area contributed by atoms with Crippen molar-refractivity contribution in [2.24, 2.45) is 0 Å². The number of anilines is 3. The van der Waals surface area contributed by atoms with Gasteiger partial charge in [-0.3, -0.25) is 4.79 Å². The van der Waals surface area contributed by atoms with E-state index in [1.807, 2.05) is 19.1 Å². The van der Waals surface area contributed by atoms with E-state index in [1.54, 1.807) is 44.4 Å². The molecule has 0 atom stereocenters. The van der Waals surface area contributed by atoms with Gasteiger partial charge < -0.3 is 15.4 Å². The normalized spacial score (nSPS) is 10.4. The number of hydrogen-bond donors (Lipinski definition) is 2. The molecule has 0 spiro atoms. The zero-order chi connectivity index (χ0) is 20.1. The van der Waals surface area contributed by atoms with Crippen LogP contribution < -0.4 is 15.4 Å². The summed E-state index contributed by atoms with van der Waals surface area (Å²) in [5, 5.41) is 6.21. The van der Waals surface area contributed by atoms with Gasteiger partial charge in [0, 0.05) is 17.4 Å². The second kappa shape index (κ2) is 8.52. The number of amides is 1. The van der Waals surface area contributed by atoms with Crippen molar-refractivity contribution in [2.75, 3.05) is 17.7 Å². The minimum absolute atomic E-state index is 0.292. The molecular formula is C22H24N4O2. The summed E-state index contributed by atoms with van der Waals surface area (Å²) in [7, 11) is 1.60. The van der Waals surface area contributed by atoms with Crippen molar-refractivity contribution >= 4 is 23.1 Å². The summed E-state index contributed by atoms with van der Waals surface area (Å²) in [5.74, 6) is 1.56. The van der Waals surface area contributed by atoms with Gasteiger partial charge in [-0.15, -0.1) is 0 Å². The molecule has 6 heteroatoms. The van der Waals surface area contributed by atoms with Gasteiger partial charge in [0.05, 0.1) is 7.11 Å². The average Bonchev–Trinajstić information content (AvgIpc) is 2.69. The first-order chi connectivity index (χ1) is 13.5. The van der Waals surface area contributed by atoms with Crippen LogP contribution in [0.1, 0.15) is 34.4 Å². The SMILES string of the molecule is CCc1cccc(C)c1Nc1cc(C(=O)Nc2ccc(OC)cc2)nc(C)n1. The molecule has 3 aromatic rings. The zero-order valence-corrected chi connectivity index (χ0v) is 16.5. The van der Waals surface area contributed by atoms with Crippen LogP contribution in [0, 0.1) is 13.8 Å². The van der Waals surface area contributed by atoms with Crippen LogP contribution in [0.2, 0.25) is 0 Å². The zero-order valence-electron chi connectivity index (χ0n) is 16.5. The van der Waals surface area contributed by atoms with E-state index in [0.717, 1.165) is 23.4 Å². The Morgan fingerprint density at radius 3 is 2.50 bits per heavy atom. The fraction of sp³-hybridized carbons (Fsp3) is 0.227. The Bertz CT molecular complexity index is 984. The minimum atomic E-state index is -0.292. The van der Waals surface area contributed by atoms with Crippen LogP contribution in [0.5, 0.6) is 5.75 Å². The first kappa shape index (κ1) is 19.4. The molecule has 0 unspecified atom stereocenters. The number of carbonyl (C=O) groups is 1. The number of nitrogens with one attached hydrogen (secondary N) is 2. The number of para-hydroxylation sites is 1. The van der Waals surface area contributed by atoms with Crippen molar-refractivity contribution < 1.29 is 9.53 Å². The highest BCUT2D eigenvalue weighted by molar-refractivity contribution is 6.03. The average molecular weight is 376 g/mol. The van der Waals surface area contributed by atoms with E-state index in [9.17, 15) is 4.79 Å².